The summed E-state index contributed by atoms with van der Waals surface area (Å²) in [5.74, 6) is -0.981. The first-order valence-corrected chi connectivity index (χ1v) is 25.8. The average Bonchev–Trinajstić information content (AvgIpc) is 3.24. The molecule has 0 saturated heterocycles. The average molecular weight is 935 g/mol. The van der Waals surface area contributed by atoms with Crippen LogP contribution in [0.2, 0.25) is 0 Å². The molecule has 344 valence electrons. The first kappa shape index (κ1) is 56.3. The molecule has 0 aliphatic rings. The fourth-order valence-corrected chi connectivity index (χ4v) is 8.52. The van der Waals surface area contributed by atoms with E-state index < -0.39 is 41.5 Å². The van der Waals surface area contributed by atoms with E-state index in [1.165, 1.54) is 164 Å². The predicted octanol–water partition coefficient (Wildman–Crippen LogP) is 13.2. The van der Waals surface area contributed by atoms with Crippen LogP contribution < -0.4 is 14.6 Å². The van der Waals surface area contributed by atoms with Crippen LogP contribution in [0, 0.1) is 0 Å². The summed E-state index contributed by atoms with van der Waals surface area (Å²) in [6.45, 7) is 4.50. The summed E-state index contributed by atoms with van der Waals surface area (Å²) in [4.78, 5) is -1.09. The van der Waals surface area contributed by atoms with Crippen LogP contribution in [0.15, 0.2) is 94.7 Å². The summed E-state index contributed by atoms with van der Waals surface area (Å²) in [5, 5.41) is 21.9. The molecule has 2 N–H and O–H groups in total. The second-order valence-corrected chi connectivity index (χ2v) is 18.9. The number of unbranched alkanes of at least 4 members (excludes halogenated alkanes) is 20. The molecule has 0 fully saturated rings. The molecule has 0 radical (unpaired) electrons. The summed E-state index contributed by atoms with van der Waals surface area (Å²) in [6.07, 6.45) is 30.8. The molecule has 4 aromatic carbocycles. The maximum absolute atomic E-state index is 12.0. The molecule has 0 unspecified atom stereocenters. The van der Waals surface area contributed by atoms with Crippen molar-refractivity contribution in [2.75, 3.05) is 0 Å². The van der Waals surface area contributed by atoms with E-state index in [1.807, 2.05) is 24.3 Å². The summed E-state index contributed by atoms with van der Waals surface area (Å²) in [7, 11) is -9.29. The third kappa shape index (κ3) is 23.3. The van der Waals surface area contributed by atoms with Gasteiger partial charge in [-0.25, -0.2) is 8.42 Å². The van der Waals surface area contributed by atoms with Gasteiger partial charge in [0.2, 0.25) is 0 Å². The largest absolute Gasteiger partial charge is 2.00 e. The van der Waals surface area contributed by atoms with Gasteiger partial charge >= 0.3 is 37.7 Å². The zero-order valence-electron chi connectivity index (χ0n) is 37.7. The Balaban J connectivity index is 0.000000427. The van der Waals surface area contributed by atoms with Gasteiger partial charge < -0.3 is 24.2 Å². The van der Waals surface area contributed by atoms with Gasteiger partial charge in [-0.1, -0.05) is 190 Å². The number of aromatic hydroxyl groups is 1. The number of phenols is 1. The van der Waals surface area contributed by atoms with Gasteiger partial charge in [0.1, 0.15) is 32.3 Å². The van der Waals surface area contributed by atoms with Crippen LogP contribution in [0.1, 0.15) is 166 Å². The summed E-state index contributed by atoms with van der Waals surface area (Å²) >= 11 is 0. The van der Waals surface area contributed by atoms with Crippen molar-refractivity contribution in [1.29, 1.82) is 0 Å². The van der Waals surface area contributed by atoms with Crippen molar-refractivity contribution in [2.24, 2.45) is 0 Å². The molecule has 13 heteroatoms. The maximum atomic E-state index is 12.0. The minimum atomic E-state index is -4.79. The Bertz CT molecular complexity index is 1910. The van der Waals surface area contributed by atoms with Crippen molar-refractivity contribution in [2.45, 2.75) is 178 Å². The number of phenolic OH excluding ortho intramolecular Hbond substituents is 1. The Labute approximate surface area is 408 Å². The van der Waals surface area contributed by atoms with Crippen molar-refractivity contribution in [1.82, 2.24) is 0 Å². The van der Waals surface area contributed by atoms with Gasteiger partial charge in [0.25, 0.3) is 10.1 Å². The van der Waals surface area contributed by atoms with Gasteiger partial charge in [-0.15, -0.1) is 0 Å². The van der Waals surface area contributed by atoms with Crippen molar-refractivity contribution < 1.29 is 45.6 Å². The normalized spacial score (nSPS) is 11.4. The van der Waals surface area contributed by atoms with Crippen molar-refractivity contribution in [3.8, 4) is 34.5 Å². The minimum absolute atomic E-state index is 0. The van der Waals surface area contributed by atoms with Gasteiger partial charge in [-0.05, 0) is 79.3 Å². The third-order valence-corrected chi connectivity index (χ3v) is 12.6. The molecule has 0 bridgehead atoms. The van der Waals surface area contributed by atoms with Crippen LogP contribution in [-0.4, -0.2) is 68.8 Å². The molecule has 4 aromatic rings. The molecular formula is C50H70CaO10S2. The molecule has 0 heterocycles. The zero-order chi connectivity index (χ0) is 45.1. The molecule has 4 rings (SSSR count). The topological polar surface area (TPSA) is 173 Å². The summed E-state index contributed by atoms with van der Waals surface area (Å²) in [5.41, 5.74) is 2.35. The van der Waals surface area contributed by atoms with Crippen LogP contribution in [-0.2, 0) is 33.1 Å². The molecule has 0 saturated carbocycles. The quantitative estimate of drug-likeness (QED) is 0.0291. The first-order valence-electron chi connectivity index (χ1n) is 22.9. The molecule has 0 spiro atoms. The number of benzene rings is 4. The van der Waals surface area contributed by atoms with E-state index in [2.05, 4.69) is 13.8 Å². The smallest absolute Gasteiger partial charge is 0.870 e. The molecule has 0 aliphatic carbocycles. The van der Waals surface area contributed by atoms with E-state index >= 15 is 0 Å². The van der Waals surface area contributed by atoms with E-state index in [0.29, 0.717) is 11.5 Å². The fourth-order valence-electron chi connectivity index (χ4n) is 7.27. The fraction of sp³-hybridized carbons (Fsp3) is 0.520. The van der Waals surface area contributed by atoms with Crippen molar-refractivity contribution in [3.63, 3.8) is 0 Å². The number of para-hydroxylation sites is 2. The Kier molecular flexibility index (Phi) is 28.5. The maximum Gasteiger partial charge on any atom is 2.00 e. The Morgan fingerprint density at radius 1 is 0.476 bits per heavy atom. The Hall–Kier alpha value is -2.84. The second-order valence-electron chi connectivity index (χ2n) is 16.2. The van der Waals surface area contributed by atoms with E-state index in [9.17, 15) is 36.2 Å². The monoisotopic (exact) mass is 934 g/mol. The van der Waals surface area contributed by atoms with Gasteiger partial charge in [0, 0.05) is 0 Å². The zero-order valence-corrected chi connectivity index (χ0v) is 41.6. The van der Waals surface area contributed by atoms with Crippen LogP contribution in [0.5, 0.6) is 34.5 Å². The number of aryl methyl sites for hydroxylation is 2. The van der Waals surface area contributed by atoms with Crippen LogP contribution in [0.4, 0.5) is 0 Å². The predicted molar refractivity (Wildman–Crippen MR) is 251 cm³/mol. The van der Waals surface area contributed by atoms with Crippen LogP contribution in [0.25, 0.3) is 0 Å². The second kappa shape index (κ2) is 31.9. The molecule has 0 atom stereocenters. The van der Waals surface area contributed by atoms with Crippen LogP contribution in [0.3, 0.4) is 0 Å². The number of ether oxygens (including phenoxy) is 2. The first-order chi connectivity index (χ1) is 29.8. The molecule has 10 nitrogen and oxygen atoms in total. The number of hydrogen-bond donors (Lipinski definition) is 2. The molecule has 0 aromatic heterocycles. The van der Waals surface area contributed by atoms with Gasteiger partial charge in [-0.2, -0.15) is 8.42 Å². The molecular weight excluding hydrogens is 865 g/mol. The third-order valence-electron chi connectivity index (χ3n) is 10.9. The SMILES string of the molecule is CCCCCCCCCCCCCc1ccc(Oc2c(O)cccc2S(=O)(=O)O)cc1.CCCCCCCCCCCCCc1ccc(Oc2c([O-])cccc2S(=O)(=O)[O-])cc1.[Ca+2]. The van der Waals surface area contributed by atoms with Crippen LogP contribution >= 0.6 is 0 Å². The standard InChI is InChI=1S/2C25H36O5S.Ca/c2*1-2-3-4-5-6-7-8-9-10-11-12-14-21-17-19-22(20-18-21)30-25-23(26)15-13-16-24(25)31(27,28)29;/h2*13,15-20,26H,2-12,14H2,1H3,(H,27,28,29);/q;;+2/p-2. The summed E-state index contributed by atoms with van der Waals surface area (Å²) in [6, 6.07) is 21.9. The Morgan fingerprint density at radius 2 is 0.825 bits per heavy atom. The molecule has 0 amide bonds. The van der Waals surface area contributed by atoms with Gasteiger partial charge in [0.05, 0.1) is 4.90 Å². The molecule has 0 aliphatic heterocycles. The summed E-state index contributed by atoms with van der Waals surface area (Å²) < 4.78 is 77.4. The van der Waals surface area contributed by atoms with E-state index in [-0.39, 0.29) is 49.2 Å². The van der Waals surface area contributed by atoms with E-state index in [1.54, 1.807) is 24.3 Å². The van der Waals surface area contributed by atoms with E-state index in [4.69, 9.17) is 9.47 Å². The van der Waals surface area contributed by atoms with E-state index in [0.717, 1.165) is 37.3 Å². The molecule has 63 heavy (non-hydrogen) atoms. The Morgan fingerprint density at radius 3 is 1.21 bits per heavy atom. The van der Waals surface area contributed by atoms with Gasteiger partial charge in [0.15, 0.2) is 11.5 Å². The van der Waals surface area contributed by atoms with Gasteiger partial charge in [-0.3, -0.25) is 4.55 Å². The van der Waals surface area contributed by atoms with Crippen molar-refractivity contribution in [3.05, 3.63) is 96.1 Å². The minimum Gasteiger partial charge on any atom is -0.870 e. The number of rotatable bonds is 30. The number of hydrogen-bond acceptors (Lipinski definition) is 9. The van der Waals surface area contributed by atoms with Crippen molar-refractivity contribution >= 4 is 58.0 Å².